The predicted molar refractivity (Wildman–Crippen MR) is 164 cm³/mol. The lowest BCUT2D eigenvalue weighted by Crippen LogP contribution is -2.15. The van der Waals surface area contributed by atoms with E-state index in [-0.39, 0.29) is 23.2 Å². The van der Waals surface area contributed by atoms with Gasteiger partial charge >= 0.3 is 0 Å². The van der Waals surface area contributed by atoms with Crippen molar-refractivity contribution < 1.29 is 9.59 Å². The van der Waals surface area contributed by atoms with Crippen LogP contribution in [0.2, 0.25) is 0 Å². The van der Waals surface area contributed by atoms with Gasteiger partial charge in [-0.2, -0.15) is 0 Å². The number of benzene rings is 3. The molecule has 3 aromatic carbocycles. The molecular formula is C32H19BrN6O2. The van der Waals surface area contributed by atoms with E-state index in [9.17, 15) is 9.59 Å². The van der Waals surface area contributed by atoms with E-state index in [1.165, 1.54) is 0 Å². The minimum absolute atomic E-state index is 0.212. The smallest absolute Gasteiger partial charge is 0.274 e. The van der Waals surface area contributed by atoms with Crippen LogP contribution in [-0.4, -0.2) is 31.8 Å². The molecule has 196 valence electrons. The fourth-order valence-corrected chi connectivity index (χ4v) is 5.31. The first kappa shape index (κ1) is 24.7. The molecule has 0 aliphatic carbocycles. The van der Waals surface area contributed by atoms with Crippen molar-refractivity contribution in [1.29, 1.82) is 0 Å². The molecule has 7 rings (SSSR count). The maximum atomic E-state index is 13.2. The summed E-state index contributed by atoms with van der Waals surface area (Å²) in [5, 5.41) is 9.14. The lowest BCUT2D eigenvalue weighted by atomic mass is 10.1. The van der Waals surface area contributed by atoms with E-state index in [0.29, 0.717) is 22.4 Å². The number of nitrogens with zero attached hydrogens (tertiary/aromatic N) is 4. The van der Waals surface area contributed by atoms with E-state index >= 15 is 0 Å². The predicted octanol–water partition coefficient (Wildman–Crippen LogP) is 7.15. The molecule has 2 amide bonds. The van der Waals surface area contributed by atoms with Crippen molar-refractivity contribution in [3.05, 3.63) is 119 Å². The molecule has 4 aromatic heterocycles. The quantitative estimate of drug-likeness (QED) is 0.208. The normalized spacial score (nSPS) is 11.2. The number of hydrogen-bond acceptors (Lipinski definition) is 6. The Balaban J connectivity index is 1.23. The van der Waals surface area contributed by atoms with Crippen LogP contribution in [0.4, 0.5) is 11.4 Å². The summed E-state index contributed by atoms with van der Waals surface area (Å²) >= 11 is 3.60. The number of halogens is 1. The molecule has 0 aliphatic rings. The highest BCUT2D eigenvalue weighted by molar-refractivity contribution is 9.10. The summed E-state index contributed by atoms with van der Waals surface area (Å²) in [4.78, 5) is 44.5. The summed E-state index contributed by atoms with van der Waals surface area (Å²) in [6.07, 6.45) is 3.23. The number of hydrogen-bond donors (Lipinski definition) is 2. The highest BCUT2D eigenvalue weighted by Gasteiger charge is 2.16. The minimum Gasteiger partial charge on any atom is -0.319 e. The molecule has 0 fully saturated rings. The first-order chi connectivity index (χ1) is 20.0. The molecule has 0 saturated heterocycles. The molecule has 0 atom stereocenters. The Morgan fingerprint density at radius 3 is 1.73 bits per heavy atom. The maximum absolute atomic E-state index is 13.2. The Bertz CT molecular complexity index is 2180. The number of nitrogens with one attached hydrogen (secondary N) is 2. The zero-order valence-electron chi connectivity index (χ0n) is 21.3. The molecule has 0 radical (unpaired) electrons. The zero-order valence-corrected chi connectivity index (χ0v) is 22.9. The molecule has 0 bridgehead atoms. The fraction of sp³-hybridized carbons (Fsp3) is 0. The van der Waals surface area contributed by atoms with Crippen LogP contribution in [0.3, 0.4) is 0 Å². The van der Waals surface area contributed by atoms with Gasteiger partial charge in [0.1, 0.15) is 11.4 Å². The van der Waals surface area contributed by atoms with Gasteiger partial charge in [0.25, 0.3) is 11.8 Å². The number of carbonyl (C=O) groups is 2. The average molecular weight is 599 g/mol. The number of pyridine rings is 4. The number of amides is 2. The third-order valence-corrected chi connectivity index (χ3v) is 7.40. The molecule has 4 heterocycles. The van der Waals surface area contributed by atoms with Crippen LogP contribution in [0.15, 0.2) is 108 Å². The molecule has 41 heavy (non-hydrogen) atoms. The molecular weight excluding hydrogens is 580 g/mol. The standard InChI is InChI=1S/C32H19BrN6O2/c33-24-15-20-9-11-27(31(40)36-21-13-18-5-1-3-7-25(18)34-16-21)38-29(20)30-23(24)10-12-28(39-30)32(41)37-22-14-19-6-2-4-8-26(19)35-17-22/h1-17H,(H,36,40)(H,37,41). The molecule has 0 saturated carbocycles. The summed E-state index contributed by atoms with van der Waals surface area (Å²) in [6, 6.07) is 28.0. The Morgan fingerprint density at radius 2 is 1.12 bits per heavy atom. The van der Waals surface area contributed by atoms with Crippen molar-refractivity contribution in [2.75, 3.05) is 10.6 Å². The SMILES string of the molecule is O=C(Nc1cnc2ccccc2c1)c1ccc2cc(Br)c3ccc(C(=O)Nc4cnc5ccccc5c4)nc3c2n1. The first-order valence-corrected chi connectivity index (χ1v) is 13.5. The number of fused-ring (bicyclic) bond motifs is 5. The van der Waals surface area contributed by atoms with Crippen molar-refractivity contribution in [3.8, 4) is 0 Å². The van der Waals surface area contributed by atoms with E-state index in [2.05, 4.69) is 46.5 Å². The van der Waals surface area contributed by atoms with E-state index in [0.717, 1.165) is 37.1 Å². The highest BCUT2D eigenvalue weighted by atomic mass is 79.9. The topological polar surface area (TPSA) is 110 Å². The molecule has 8 nitrogen and oxygen atoms in total. The zero-order chi connectivity index (χ0) is 27.9. The van der Waals surface area contributed by atoms with Crippen LogP contribution in [0, 0.1) is 0 Å². The summed E-state index contributed by atoms with van der Waals surface area (Å²) in [5.74, 6) is -0.757. The van der Waals surface area contributed by atoms with Gasteiger partial charge in [-0.25, -0.2) is 9.97 Å². The van der Waals surface area contributed by atoms with Gasteiger partial charge in [-0.05, 0) is 48.5 Å². The van der Waals surface area contributed by atoms with Crippen LogP contribution in [0.25, 0.3) is 43.6 Å². The lowest BCUT2D eigenvalue weighted by molar-refractivity contribution is 0.101. The van der Waals surface area contributed by atoms with E-state index < -0.39 is 0 Å². The average Bonchev–Trinajstić information content (AvgIpc) is 3.00. The molecule has 7 aromatic rings. The third-order valence-electron chi connectivity index (χ3n) is 6.75. The van der Waals surface area contributed by atoms with Gasteiger partial charge in [0.2, 0.25) is 0 Å². The van der Waals surface area contributed by atoms with Gasteiger partial charge < -0.3 is 10.6 Å². The Labute approximate surface area is 241 Å². The Hall–Kier alpha value is -5.28. The van der Waals surface area contributed by atoms with Gasteiger partial charge in [0.05, 0.1) is 45.8 Å². The number of para-hydroxylation sites is 2. The third kappa shape index (κ3) is 4.72. The lowest BCUT2D eigenvalue weighted by Gasteiger charge is -2.10. The molecule has 0 spiro atoms. The largest absolute Gasteiger partial charge is 0.319 e. The van der Waals surface area contributed by atoms with Crippen LogP contribution in [0.5, 0.6) is 0 Å². The number of anilines is 2. The molecule has 9 heteroatoms. The van der Waals surface area contributed by atoms with Gasteiger partial charge in [0.15, 0.2) is 0 Å². The Morgan fingerprint density at radius 1 is 0.585 bits per heavy atom. The van der Waals surface area contributed by atoms with Crippen LogP contribution < -0.4 is 10.6 Å². The number of rotatable bonds is 4. The van der Waals surface area contributed by atoms with Crippen molar-refractivity contribution in [2.45, 2.75) is 0 Å². The van der Waals surface area contributed by atoms with Gasteiger partial charge in [0, 0.05) is 26.0 Å². The summed E-state index contributed by atoms with van der Waals surface area (Å²) in [5.41, 5.74) is 4.25. The molecule has 0 unspecified atom stereocenters. The van der Waals surface area contributed by atoms with Gasteiger partial charge in [-0.1, -0.05) is 58.4 Å². The van der Waals surface area contributed by atoms with E-state index in [1.807, 2.05) is 78.9 Å². The van der Waals surface area contributed by atoms with Crippen LogP contribution >= 0.6 is 15.9 Å². The Kier molecular flexibility index (Phi) is 6.06. The van der Waals surface area contributed by atoms with E-state index in [1.54, 1.807) is 24.5 Å². The van der Waals surface area contributed by atoms with Crippen molar-refractivity contribution >= 4 is 82.7 Å². The van der Waals surface area contributed by atoms with Gasteiger partial charge in [-0.15, -0.1) is 0 Å². The summed E-state index contributed by atoms with van der Waals surface area (Å²) in [7, 11) is 0. The van der Waals surface area contributed by atoms with Crippen molar-refractivity contribution in [3.63, 3.8) is 0 Å². The second-order valence-electron chi connectivity index (χ2n) is 9.46. The number of carbonyl (C=O) groups excluding carboxylic acids is 2. The second-order valence-corrected chi connectivity index (χ2v) is 10.3. The molecule has 0 aliphatic heterocycles. The number of aromatic nitrogens is 4. The monoisotopic (exact) mass is 598 g/mol. The fourth-order valence-electron chi connectivity index (χ4n) is 4.74. The van der Waals surface area contributed by atoms with Crippen molar-refractivity contribution in [2.24, 2.45) is 0 Å². The highest BCUT2D eigenvalue weighted by Crippen LogP contribution is 2.31. The van der Waals surface area contributed by atoms with E-state index in [4.69, 9.17) is 0 Å². The molecule has 2 N–H and O–H groups in total. The summed E-state index contributed by atoms with van der Waals surface area (Å²) < 4.78 is 0.805. The summed E-state index contributed by atoms with van der Waals surface area (Å²) in [6.45, 7) is 0. The van der Waals surface area contributed by atoms with Crippen LogP contribution in [0.1, 0.15) is 21.0 Å². The second kappa shape index (κ2) is 10.0. The van der Waals surface area contributed by atoms with Gasteiger partial charge in [-0.3, -0.25) is 19.6 Å². The maximum Gasteiger partial charge on any atom is 0.274 e. The van der Waals surface area contributed by atoms with Crippen LogP contribution in [-0.2, 0) is 0 Å². The first-order valence-electron chi connectivity index (χ1n) is 12.7. The van der Waals surface area contributed by atoms with Crippen molar-refractivity contribution in [1.82, 2.24) is 19.9 Å². The minimum atomic E-state index is -0.380.